The van der Waals surface area contributed by atoms with Crippen LogP contribution in [-0.4, -0.2) is 99.5 Å². The molecule has 0 unspecified atom stereocenters. The van der Waals surface area contributed by atoms with Crippen LogP contribution in [0.4, 0.5) is 0 Å². The van der Waals surface area contributed by atoms with Gasteiger partial charge in [-0.05, 0) is 25.3 Å². The maximum atomic E-state index is 13.8. The summed E-state index contributed by atoms with van der Waals surface area (Å²) in [5.41, 5.74) is -15.3. The first kappa shape index (κ1) is 34.5. The monoisotopic (exact) mass is 718 g/mol. The fraction of sp³-hybridized carbons (Fsp3) is 0.743. The highest BCUT2D eigenvalue weighted by atomic mass is 17.0. The average molecular weight is 719 g/mol. The van der Waals surface area contributed by atoms with Crippen LogP contribution in [0.3, 0.4) is 0 Å². The van der Waals surface area contributed by atoms with Gasteiger partial charge in [0.2, 0.25) is 11.7 Å². The number of cyclic esters (lactones) is 1. The molecular formula is C35H42O16. The van der Waals surface area contributed by atoms with E-state index >= 15 is 0 Å². The Kier molecular flexibility index (Phi) is 6.56. The standard InChI is InChI=1S/C35H42O16/c1-16(36)45-21(24(40)43-8)22-27(4)15-32(42)29(22,6)33-11-10-28(5)23(19-9-12-44-14-19)47-20(39)13-31(28,41)35(33)26(49-30(7,50-33)51-35)34(32,48-18(3)38)25(27)46-17(2)37/h9,12,14,21-23,25-26,41-42H,10-11,13,15H2,1-8H3/t21-,22+,23+,25+,26-,27+,28+,29-,30+,31+,32-,33+,34+,35+/m1/s1. The van der Waals surface area contributed by atoms with E-state index in [1.165, 1.54) is 19.5 Å². The Balaban J connectivity index is 1.50. The minimum Gasteiger partial charge on any atom is -0.472 e. The summed E-state index contributed by atoms with van der Waals surface area (Å²) < 4.78 is 55.0. The summed E-state index contributed by atoms with van der Waals surface area (Å²) in [7, 11) is 1.11. The molecule has 1 spiro atoms. The molecule has 2 N–H and O–H groups in total. The number of ether oxygens (including phenoxy) is 8. The number of esters is 5. The molecule has 278 valence electrons. The maximum Gasteiger partial charge on any atom is 0.347 e. The van der Waals surface area contributed by atoms with E-state index in [2.05, 4.69) is 0 Å². The van der Waals surface area contributed by atoms with Gasteiger partial charge in [0.15, 0.2) is 11.7 Å². The van der Waals surface area contributed by atoms with Crippen molar-refractivity contribution in [2.24, 2.45) is 22.2 Å². The van der Waals surface area contributed by atoms with Gasteiger partial charge in [0, 0.05) is 55.4 Å². The third-order valence-corrected chi connectivity index (χ3v) is 14.0. The van der Waals surface area contributed by atoms with Crippen molar-refractivity contribution in [3.05, 3.63) is 24.2 Å². The van der Waals surface area contributed by atoms with E-state index in [1.807, 2.05) is 0 Å². The second-order valence-corrected chi connectivity index (χ2v) is 16.2. The number of methoxy groups -OCH3 is 1. The number of aliphatic hydroxyl groups is 2. The van der Waals surface area contributed by atoms with Crippen LogP contribution in [0.25, 0.3) is 0 Å². The molecule has 4 saturated carbocycles. The Hall–Kier alpha value is -3.57. The Morgan fingerprint density at radius 3 is 2.25 bits per heavy atom. The van der Waals surface area contributed by atoms with Crippen molar-refractivity contribution in [3.63, 3.8) is 0 Å². The van der Waals surface area contributed by atoms with Crippen molar-refractivity contribution in [1.29, 1.82) is 0 Å². The molecule has 7 aliphatic rings. The van der Waals surface area contributed by atoms with Gasteiger partial charge in [0.25, 0.3) is 5.97 Å². The third kappa shape index (κ3) is 3.35. The van der Waals surface area contributed by atoms with Crippen molar-refractivity contribution >= 4 is 29.8 Å². The van der Waals surface area contributed by atoms with Crippen LogP contribution >= 0.6 is 0 Å². The lowest BCUT2D eigenvalue weighted by Gasteiger charge is -2.78. The first-order chi connectivity index (χ1) is 23.6. The lowest BCUT2D eigenvalue weighted by atomic mass is 9.32. The predicted octanol–water partition coefficient (Wildman–Crippen LogP) is 1.52. The zero-order chi connectivity index (χ0) is 37.2. The summed E-state index contributed by atoms with van der Waals surface area (Å²) in [6.45, 7) is 9.78. The molecule has 8 rings (SSSR count). The van der Waals surface area contributed by atoms with Crippen LogP contribution in [0.2, 0.25) is 0 Å². The van der Waals surface area contributed by atoms with Gasteiger partial charge in [-0.15, -0.1) is 0 Å². The first-order valence-corrected chi connectivity index (χ1v) is 17.0. The fourth-order valence-electron chi connectivity index (χ4n) is 12.8. The number of hydrogen-bond donors (Lipinski definition) is 2. The number of carbonyl (C=O) groups is 5. The zero-order valence-corrected chi connectivity index (χ0v) is 29.6. The van der Waals surface area contributed by atoms with Crippen molar-refractivity contribution < 1.29 is 76.5 Å². The molecule has 7 fully saturated rings. The van der Waals surface area contributed by atoms with Crippen molar-refractivity contribution in [2.75, 3.05) is 7.11 Å². The molecule has 4 bridgehead atoms. The summed E-state index contributed by atoms with van der Waals surface area (Å²) in [5.74, 6) is -7.67. The molecule has 4 aliphatic carbocycles. The fourth-order valence-corrected chi connectivity index (χ4v) is 12.8. The summed E-state index contributed by atoms with van der Waals surface area (Å²) in [4.78, 5) is 66.7. The molecule has 0 amide bonds. The van der Waals surface area contributed by atoms with Crippen LogP contribution in [0.5, 0.6) is 0 Å². The molecule has 0 aromatic carbocycles. The van der Waals surface area contributed by atoms with Crippen molar-refractivity contribution in [3.8, 4) is 0 Å². The topological polar surface area (TPSA) is 213 Å². The van der Waals surface area contributed by atoms with E-state index in [9.17, 15) is 34.2 Å². The smallest absolute Gasteiger partial charge is 0.347 e. The summed E-state index contributed by atoms with van der Waals surface area (Å²) >= 11 is 0. The van der Waals surface area contributed by atoms with Crippen molar-refractivity contribution in [2.45, 2.75) is 133 Å². The van der Waals surface area contributed by atoms with Gasteiger partial charge in [0.1, 0.15) is 29.0 Å². The van der Waals surface area contributed by atoms with E-state index in [1.54, 1.807) is 26.8 Å². The molecular weight excluding hydrogens is 676 g/mol. The van der Waals surface area contributed by atoms with E-state index in [-0.39, 0.29) is 19.3 Å². The summed E-state index contributed by atoms with van der Waals surface area (Å²) in [6, 6.07) is 1.61. The van der Waals surface area contributed by atoms with E-state index < -0.39 is 117 Å². The average Bonchev–Trinajstić information content (AvgIpc) is 3.79. The highest BCUT2D eigenvalue weighted by Crippen LogP contribution is 2.89. The van der Waals surface area contributed by atoms with Gasteiger partial charge < -0.3 is 52.5 Å². The molecule has 0 radical (unpaired) electrons. The predicted molar refractivity (Wildman–Crippen MR) is 162 cm³/mol. The highest BCUT2D eigenvalue weighted by molar-refractivity contribution is 5.80. The summed E-state index contributed by atoms with van der Waals surface area (Å²) in [6.07, 6.45) is -4.10. The van der Waals surface area contributed by atoms with Gasteiger partial charge in [-0.25, -0.2) is 4.79 Å². The molecule has 14 atom stereocenters. The molecule has 4 heterocycles. The minimum atomic E-state index is -2.35. The first-order valence-electron chi connectivity index (χ1n) is 17.0. The normalized spacial score (nSPS) is 51.5. The lowest BCUT2D eigenvalue weighted by molar-refractivity contribution is -0.466. The van der Waals surface area contributed by atoms with Crippen molar-refractivity contribution in [1.82, 2.24) is 0 Å². The van der Waals surface area contributed by atoms with E-state index in [4.69, 9.17) is 42.3 Å². The lowest BCUT2D eigenvalue weighted by Crippen LogP contribution is -2.97. The number of furan rings is 1. The second-order valence-electron chi connectivity index (χ2n) is 16.2. The third-order valence-electron chi connectivity index (χ3n) is 14.0. The SMILES string of the molecule is COC(=O)[C@H](OC(C)=O)[C@H]1[C@]2(C)C[C@]3(O)[C@@](OC(C)=O)([C@H]4O[C@@]5(C)O[C@@]6(CC[C@@]7(C)[C@H](c8ccoc8)OC(=O)C[C@@]7(O)[C@@]46O5)[C@]13C)[C@H]2OC(C)=O. The van der Waals surface area contributed by atoms with E-state index in [0.717, 1.165) is 27.9 Å². The molecule has 1 aromatic heterocycles. The van der Waals surface area contributed by atoms with Gasteiger partial charge in [0.05, 0.1) is 26.1 Å². The molecule has 16 heteroatoms. The van der Waals surface area contributed by atoms with Gasteiger partial charge in [-0.2, -0.15) is 0 Å². The molecule has 16 nitrogen and oxygen atoms in total. The van der Waals surface area contributed by atoms with Crippen LogP contribution < -0.4 is 0 Å². The van der Waals surface area contributed by atoms with Gasteiger partial charge in [-0.1, -0.05) is 20.8 Å². The molecule has 51 heavy (non-hydrogen) atoms. The van der Waals surface area contributed by atoms with Crippen LogP contribution in [0.1, 0.15) is 85.8 Å². The van der Waals surface area contributed by atoms with Gasteiger partial charge in [-0.3, -0.25) is 19.2 Å². The molecule has 1 aromatic rings. The Bertz CT molecular complexity index is 1780. The van der Waals surface area contributed by atoms with Crippen LogP contribution in [-0.2, 0) is 61.9 Å². The Morgan fingerprint density at radius 2 is 1.67 bits per heavy atom. The van der Waals surface area contributed by atoms with Gasteiger partial charge >= 0.3 is 29.8 Å². The number of hydrogen-bond acceptors (Lipinski definition) is 16. The summed E-state index contributed by atoms with van der Waals surface area (Å²) in [5, 5.41) is 27.3. The number of fused-ring (bicyclic) bond motifs is 4. The number of rotatable bonds is 6. The molecule has 3 saturated heterocycles. The largest absolute Gasteiger partial charge is 0.472 e. The zero-order valence-electron chi connectivity index (χ0n) is 29.6. The minimum absolute atomic E-state index is 0.000892. The second kappa shape index (κ2) is 9.69. The van der Waals surface area contributed by atoms with E-state index in [0.29, 0.717) is 5.56 Å². The Labute approximate surface area is 292 Å². The Morgan fingerprint density at radius 1 is 0.961 bits per heavy atom. The van der Waals surface area contributed by atoms with Crippen LogP contribution in [0, 0.1) is 22.2 Å². The highest BCUT2D eigenvalue weighted by Gasteiger charge is 3.06. The van der Waals surface area contributed by atoms with Crippen LogP contribution in [0.15, 0.2) is 23.0 Å². The molecule has 3 aliphatic heterocycles. The number of carbonyl (C=O) groups excluding carboxylic acids is 5. The quantitative estimate of drug-likeness (QED) is 0.315. The maximum absolute atomic E-state index is 13.8.